The van der Waals surface area contributed by atoms with Crippen molar-refractivity contribution in [3.63, 3.8) is 0 Å². The summed E-state index contributed by atoms with van der Waals surface area (Å²) < 4.78 is 4.44. The van der Waals surface area contributed by atoms with Gasteiger partial charge in [-0.25, -0.2) is 4.79 Å². The fourth-order valence-corrected chi connectivity index (χ4v) is 0.628. The number of nitrogens with zero attached hydrogens (tertiary/aromatic N) is 1. The Bertz CT molecular complexity index is 105. The number of amides is 1. The van der Waals surface area contributed by atoms with Crippen LogP contribution in [0, 0.1) is 0 Å². The molecule has 0 N–H and O–H groups in total. The Hall–Kier alpha value is -0.665. The molecule has 0 bridgehead atoms. The van der Waals surface area contributed by atoms with Crippen LogP contribution in [-0.2, 0) is 4.74 Å². The maximum absolute atomic E-state index is 10.5. The first-order valence-electron chi connectivity index (χ1n) is 4.25. The van der Waals surface area contributed by atoms with Gasteiger partial charge in [0.1, 0.15) is 0 Å². The molecule has 0 unspecified atom stereocenters. The zero-order valence-corrected chi connectivity index (χ0v) is 8.46. The Morgan fingerprint density at radius 2 is 1.75 bits per heavy atom. The third kappa shape index (κ3) is 5.05. The van der Waals surface area contributed by atoms with E-state index in [1.165, 1.54) is 13.9 Å². The normalized spacial score (nSPS) is 12.5. The number of rotatable bonds is 0. The average molecular weight is 171 g/mol. The van der Waals surface area contributed by atoms with Gasteiger partial charge in [0.2, 0.25) is 0 Å². The summed E-state index contributed by atoms with van der Waals surface area (Å²) in [7, 11) is 5.90. The summed E-state index contributed by atoms with van der Waals surface area (Å²) in [6.45, 7) is 7.24. The zero-order chi connectivity index (χ0) is 9.98. The zero-order valence-electron chi connectivity index (χ0n) is 8.46. The molecular formula is C8H18BNO2. The molecule has 1 aliphatic rings. The Balaban J connectivity index is 0. The van der Waals surface area contributed by atoms with Crippen molar-refractivity contribution in [2.24, 2.45) is 0 Å². The van der Waals surface area contributed by atoms with E-state index in [4.69, 9.17) is 0 Å². The van der Waals surface area contributed by atoms with Crippen molar-refractivity contribution in [2.45, 2.75) is 27.1 Å². The van der Waals surface area contributed by atoms with E-state index in [9.17, 15) is 4.79 Å². The van der Waals surface area contributed by atoms with E-state index >= 15 is 0 Å². The first kappa shape index (κ1) is 13.9. The molecule has 0 saturated carbocycles. The number of carbonyl (C=O) groups excluding carboxylic acids is 1. The smallest absolute Gasteiger partial charge is 0.409 e. The maximum Gasteiger partial charge on any atom is 0.409 e. The number of hydrogen-bond donors (Lipinski definition) is 0. The van der Waals surface area contributed by atoms with Crippen molar-refractivity contribution >= 4 is 13.9 Å². The van der Waals surface area contributed by atoms with Gasteiger partial charge in [0, 0.05) is 13.1 Å². The lowest BCUT2D eigenvalue weighted by Gasteiger charge is -2.28. The molecular weight excluding hydrogens is 153 g/mol. The minimum Gasteiger partial charge on any atom is -0.453 e. The molecule has 2 radical (unpaired) electrons. The molecule has 0 aliphatic carbocycles. The minimum absolute atomic E-state index is 0.198. The van der Waals surface area contributed by atoms with Gasteiger partial charge in [0.25, 0.3) is 0 Å². The summed E-state index contributed by atoms with van der Waals surface area (Å²) >= 11 is 0. The number of likely N-dealkylation sites (tertiary alicyclic amines) is 1. The summed E-state index contributed by atoms with van der Waals surface area (Å²) in [5.41, 5.74) is 0. The Kier molecular flexibility index (Phi) is 12.0. The quantitative estimate of drug-likeness (QED) is 0.519. The van der Waals surface area contributed by atoms with Gasteiger partial charge in [-0.05, 0) is 6.42 Å². The van der Waals surface area contributed by atoms with Crippen LogP contribution in [0.3, 0.4) is 0 Å². The summed E-state index contributed by atoms with van der Waals surface area (Å²) in [6.07, 6.45) is 0.922. The third-order valence-electron chi connectivity index (χ3n) is 1.29. The summed E-state index contributed by atoms with van der Waals surface area (Å²) in [6, 6.07) is 0. The van der Waals surface area contributed by atoms with Crippen LogP contribution in [0.15, 0.2) is 0 Å². The molecule has 0 spiro atoms. The predicted molar refractivity (Wildman–Crippen MR) is 51.6 cm³/mol. The van der Waals surface area contributed by atoms with E-state index < -0.39 is 0 Å². The van der Waals surface area contributed by atoms with Gasteiger partial charge in [0.15, 0.2) is 0 Å². The highest BCUT2D eigenvalue weighted by Gasteiger charge is 2.19. The Morgan fingerprint density at radius 1 is 1.33 bits per heavy atom. The Morgan fingerprint density at radius 3 is 1.83 bits per heavy atom. The standard InChI is InChI=1S/C5H9NO2.C2H6.CH3B/c1-8-5(7)6-3-2-4-6;2*1-2/h2-4H2,1H3;1-2H3;1H3. The van der Waals surface area contributed by atoms with Crippen molar-refractivity contribution in [3.05, 3.63) is 0 Å². The number of methoxy groups -OCH3 is 1. The van der Waals surface area contributed by atoms with E-state index in [2.05, 4.69) is 12.6 Å². The van der Waals surface area contributed by atoms with E-state index in [0.717, 1.165) is 19.5 Å². The van der Waals surface area contributed by atoms with E-state index in [0.29, 0.717) is 0 Å². The molecule has 0 aromatic heterocycles. The van der Waals surface area contributed by atoms with Crippen LogP contribution in [0.2, 0.25) is 6.82 Å². The van der Waals surface area contributed by atoms with Crippen molar-refractivity contribution < 1.29 is 9.53 Å². The first-order valence-corrected chi connectivity index (χ1v) is 4.25. The van der Waals surface area contributed by atoms with E-state index in [1.807, 2.05) is 13.8 Å². The fourth-order valence-electron chi connectivity index (χ4n) is 0.628. The molecule has 1 rings (SSSR count). The first-order chi connectivity index (χ1) is 5.84. The lowest BCUT2D eigenvalue weighted by atomic mass is 10.2. The lowest BCUT2D eigenvalue weighted by Crippen LogP contribution is -2.41. The van der Waals surface area contributed by atoms with Crippen molar-refractivity contribution in [3.8, 4) is 0 Å². The van der Waals surface area contributed by atoms with Crippen molar-refractivity contribution in [2.75, 3.05) is 20.2 Å². The maximum atomic E-state index is 10.5. The van der Waals surface area contributed by atoms with Crippen LogP contribution in [0.25, 0.3) is 0 Å². The van der Waals surface area contributed by atoms with Crippen LogP contribution in [0.4, 0.5) is 4.79 Å². The fraction of sp³-hybridized carbons (Fsp3) is 0.875. The average Bonchev–Trinajstić information content (AvgIpc) is 2.08. The van der Waals surface area contributed by atoms with Gasteiger partial charge >= 0.3 is 6.09 Å². The summed E-state index contributed by atoms with van der Waals surface area (Å²) in [5, 5.41) is 0. The van der Waals surface area contributed by atoms with Crippen LogP contribution >= 0.6 is 0 Å². The highest BCUT2D eigenvalue weighted by atomic mass is 16.5. The van der Waals surface area contributed by atoms with Crippen LogP contribution in [0.5, 0.6) is 0 Å². The van der Waals surface area contributed by atoms with E-state index in [-0.39, 0.29) is 6.09 Å². The lowest BCUT2D eigenvalue weighted by molar-refractivity contribution is 0.0991. The van der Waals surface area contributed by atoms with Crippen molar-refractivity contribution in [1.29, 1.82) is 0 Å². The molecule has 0 aromatic carbocycles. The monoisotopic (exact) mass is 171 g/mol. The molecule has 0 aromatic rings. The molecule has 0 atom stereocenters. The van der Waals surface area contributed by atoms with Gasteiger partial charge in [-0.3, -0.25) is 0 Å². The second kappa shape index (κ2) is 10.3. The minimum atomic E-state index is -0.198. The van der Waals surface area contributed by atoms with Crippen LogP contribution < -0.4 is 0 Å². The summed E-state index contributed by atoms with van der Waals surface area (Å²) in [5.74, 6) is 0. The van der Waals surface area contributed by atoms with Gasteiger partial charge in [-0.15, -0.1) is 0 Å². The molecule has 1 aliphatic heterocycles. The predicted octanol–water partition coefficient (Wildman–Crippen LogP) is 1.69. The number of carbonyl (C=O) groups is 1. The highest BCUT2D eigenvalue weighted by Crippen LogP contribution is 2.05. The molecule has 1 fully saturated rings. The third-order valence-corrected chi connectivity index (χ3v) is 1.29. The SMILES string of the molecule is CC.COC(=O)N1CCC1.[B]C. The topological polar surface area (TPSA) is 29.5 Å². The largest absolute Gasteiger partial charge is 0.453 e. The molecule has 1 saturated heterocycles. The number of ether oxygens (including phenoxy) is 1. The van der Waals surface area contributed by atoms with Crippen LogP contribution in [-0.4, -0.2) is 39.0 Å². The van der Waals surface area contributed by atoms with Gasteiger partial charge in [-0.2, -0.15) is 0 Å². The van der Waals surface area contributed by atoms with Gasteiger partial charge in [-0.1, -0.05) is 20.7 Å². The highest BCUT2D eigenvalue weighted by molar-refractivity contribution is 6.05. The van der Waals surface area contributed by atoms with Gasteiger partial charge in [0.05, 0.1) is 15.0 Å². The molecule has 1 amide bonds. The second-order valence-corrected chi connectivity index (χ2v) is 1.81. The van der Waals surface area contributed by atoms with Crippen molar-refractivity contribution in [1.82, 2.24) is 4.90 Å². The molecule has 3 nitrogen and oxygen atoms in total. The molecule has 70 valence electrons. The summed E-state index contributed by atoms with van der Waals surface area (Å²) in [4.78, 5) is 12.2. The van der Waals surface area contributed by atoms with Gasteiger partial charge < -0.3 is 9.64 Å². The van der Waals surface area contributed by atoms with Crippen LogP contribution in [0.1, 0.15) is 20.3 Å². The Labute approximate surface area is 76.5 Å². The molecule has 4 heteroatoms. The molecule has 1 heterocycles. The number of hydrogen-bond acceptors (Lipinski definition) is 2. The second-order valence-electron chi connectivity index (χ2n) is 1.81. The molecule has 12 heavy (non-hydrogen) atoms. The van der Waals surface area contributed by atoms with E-state index in [1.54, 1.807) is 4.90 Å².